The summed E-state index contributed by atoms with van der Waals surface area (Å²) in [4.78, 5) is 47.1. The number of likely N-dealkylation sites (tertiary alicyclic amines) is 2. The van der Waals surface area contributed by atoms with E-state index in [9.17, 15) is 14.4 Å². The number of H-pyrrole nitrogens is 1. The highest BCUT2D eigenvalue weighted by Gasteiger charge is 2.30. The minimum Gasteiger partial charge on any atom is -0.461 e. The molecule has 37 heavy (non-hydrogen) atoms. The zero-order chi connectivity index (χ0) is 25.8. The van der Waals surface area contributed by atoms with Crippen molar-refractivity contribution in [2.24, 2.45) is 4.99 Å². The third-order valence-electron chi connectivity index (χ3n) is 6.72. The van der Waals surface area contributed by atoms with Crippen LogP contribution >= 0.6 is 0 Å². The molecule has 2 aliphatic rings. The number of nitrogens with one attached hydrogen (secondary N) is 3. The Bertz CT molecular complexity index is 1310. The van der Waals surface area contributed by atoms with Crippen molar-refractivity contribution in [3.8, 4) is 0 Å². The molecule has 0 saturated carbocycles. The van der Waals surface area contributed by atoms with Crippen molar-refractivity contribution in [2.75, 3.05) is 31.5 Å². The van der Waals surface area contributed by atoms with Crippen LogP contribution in [0, 0.1) is 6.92 Å². The largest absolute Gasteiger partial charge is 0.461 e. The van der Waals surface area contributed by atoms with Gasteiger partial charge in [0.05, 0.1) is 18.3 Å². The molecule has 0 radical (unpaired) electrons. The van der Waals surface area contributed by atoms with Crippen LogP contribution < -0.4 is 10.6 Å². The molecule has 3 aromatic rings. The number of nitrogens with zero attached hydrogens (tertiary/aromatic N) is 4. The van der Waals surface area contributed by atoms with Crippen molar-refractivity contribution < 1.29 is 18.8 Å². The van der Waals surface area contributed by atoms with Crippen molar-refractivity contribution in [2.45, 2.75) is 45.1 Å². The fourth-order valence-electron chi connectivity index (χ4n) is 4.79. The number of amides is 3. The summed E-state index contributed by atoms with van der Waals surface area (Å²) in [6.45, 7) is 3.95. The van der Waals surface area contributed by atoms with Crippen LogP contribution in [0.5, 0.6) is 0 Å². The summed E-state index contributed by atoms with van der Waals surface area (Å²) in [6, 6.07) is 6.75. The van der Waals surface area contributed by atoms with Crippen LogP contribution in [0.2, 0.25) is 0 Å². The summed E-state index contributed by atoms with van der Waals surface area (Å²) in [5.74, 6) is 0.301. The minimum absolute atomic E-state index is 0.0224. The fraction of sp³-hybridized carbons (Fsp3) is 0.423. The van der Waals surface area contributed by atoms with Gasteiger partial charge in [0, 0.05) is 36.9 Å². The molecule has 0 aliphatic carbocycles. The second-order valence-corrected chi connectivity index (χ2v) is 9.51. The molecule has 0 bridgehead atoms. The topological polar surface area (TPSA) is 136 Å². The lowest BCUT2D eigenvalue weighted by Gasteiger charge is -2.25. The maximum Gasteiger partial charge on any atom is 0.261 e. The Hall–Kier alpha value is -4.15. The van der Waals surface area contributed by atoms with Crippen LogP contribution in [0.3, 0.4) is 0 Å². The molecule has 1 atom stereocenters. The molecule has 2 fully saturated rings. The van der Waals surface area contributed by atoms with Crippen LogP contribution in [0.4, 0.5) is 5.69 Å². The molecule has 3 N–H and O–H groups in total. The molecular formula is C26H31N7O4. The normalized spacial score (nSPS) is 18.8. The Morgan fingerprint density at radius 1 is 1.16 bits per heavy atom. The monoisotopic (exact) mass is 505 g/mol. The molecule has 0 spiro atoms. The second-order valence-electron chi connectivity index (χ2n) is 9.51. The van der Waals surface area contributed by atoms with Gasteiger partial charge in [-0.1, -0.05) is 0 Å². The number of carbonyl (C=O) groups excluding carboxylic acids is 3. The first kappa shape index (κ1) is 24.5. The molecule has 3 amide bonds. The number of rotatable bonds is 5. The van der Waals surface area contributed by atoms with Gasteiger partial charge in [-0.2, -0.15) is 5.10 Å². The van der Waals surface area contributed by atoms with Crippen LogP contribution in [0.1, 0.15) is 48.2 Å². The lowest BCUT2D eigenvalue weighted by Crippen LogP contribution is -2.45. The second kappa shape index (κ2) is 10.9. The highest BCUT2D eigenvalue weighted by atomic mass is 16.3. The van der Waals surface area contributed by atoms with Crippen LogP contribution in [0.25, 0.3) is 11.0 Å². The number of hydrogen-bond donors (Lipinski definition) is 3. The van der Waals surface area contributed by atoms with Gasteiger partial charge in [0.25, 0.3) is 5.91 Å². The molecule has 2 saturated heterocycles. The van der Waals surface area contributed by atoms with Gasteiger partial charge in [-0.25, -0.2) is 4.99 Å². The quantitative estimate of drug-likeness (QED) is 0.360. The van der Waals surface area contributed by atoms with Gasteiger partial charge in [0.1, 0.15) is 17.4 Å². The van der Waals surface area contributed by atoms with E-state index in [1.54, 1.807) is 4.90 Å². The molecule has 194 valence electrons. The van der Waals surface area contributed by atoms with Crippen LogP contribution in [-0.4, -0.2) is 75.9 Å². The van der Waals surface area contributed by atoms with Crippen molar-refractivity contribution >= 4 is 40.3 Å². The first-order chi connectivity index (χ1) is 18.0. The number of guanidine groups is 1. The maximum absolute atomic E-state index is 13.5. The van der Waals surface area contributed by atoms with Crippen molar-refractivity contribution in [1.29, 1.82) is 0 Å². The number of aromatic nitrogens is 2. The SMILES string of the molecule is Cc1cc2cc(NC(=NC3CCCCN(CC(=O)N4CCCC4)C3=O)NC(=O)c3cn[nH]c3)ccc2o1. The zero-order valence-electron chi connectivity index (χ0n) is 20.8. The summed E-state index contributed by atoms with van der Waals surface area (Å²) >= 11 is 0. The average Bonchev–Trinajstić information content (AvgIpc) is 3.64. The summed E-state index contributed by atoms with van der Waals surface area (Å²) in [7, 11) is 0. The minimum atomic E-state index is -0.721. The lowest BCUT2D eigenvalue weighted by molar-refractivity contribution is -0.140. The van der Waals surface area contributed by atoms with Gasteiger partial charge < -0.3 is 19.5 Å². The van der Waals surface area contributed by atoms with E-state index >= 15 is 0 Å². The van der Waals surface area contributed by atoms with Crippen LogP contribution in [0.15, 0.2) is 46.1 Å². The number of furan rings is 1. The van der Waals surface area contributed by atoms with Gasteiger partial charge in [-0.3, -0.25) is 24.8 Å². The Kier molecular flexibility index (Phi) is 7.20. The number of carbonyl (C=O) groups is 3. The molecule has 4 heterocycles. The van der Waals surface area contributed by atoms with Gasteiger partial charge >= 0.3 is 0 Å². The molecule has 1 aromatic carbocycles. The molecule has 2 aliphatic heterocycles. The van der Waals surface area contributed by atoms with E-state index in [-0.39, 0.29) is 24.3 Å². The number of hydrogen-bond acceptors (Lipinski definition) is 6. The molecular weight excluding hydrogens is 474 g/mol. The molecule has 11 nitrogen and oxygen atoms in total. The number of aliphatic imine (C=N–C) groups is 1. The van der Waals surface area contributed by atoms with E-state index in [1.165, 1.54) is 12.4 Å². The molecule has 5 rings (SSSR count). The average molecular weight is 506 g/mol. The third-order valence-corrected chi connectivity index (χ3v) is 6.72. The van der Waals surface area contributed by atoms with E-state index < -0.39 is 11.9 Å². The van der Waals surface area contributed by atoms with Crippen molar-refractivity contribution in [1.82, 2.24) is 25.3 Å². The number of anilines is 1. The molecule has 1 unspecified atom stereocenters. The summed E-state index contributed by atoms with van der Waals surface area (Å²) in [6.07, 6.45) is 7.01. The van der Waals surface area contributed by atoms with Gasteiger partial charge in [0.2, 0.25) is 17.8 Å². The zero-order valence-corrected chi connectivity index (χ0v) is 20.8. The van der Waals surface area contributed by atoms with E-state index in [1.807, 2.05) is 36.1 Å². The first-order valence-electron chi connectivity index (χ1n) is 12.7. The third kappa shape index (κ3) is 5.82. The maximum atomic E-state index is 13.5. The number of aromatic amines is 1. The number of aryl methyl sites for hydroxylation is 1. The standard InChI is InChI=1S/C26H31N7O4/c1-17-12-18-13-20(7-8-22(18)37-17)29-26(31-24(35)19-14-27-28-15-19)30-21-6-2-3-11-33(25(21)36)16-23(34)32-9-4-5-10-32/h7-8,12-15,21H,2-6,9-11,16H2,1H3,(H,27,28)(H2,29,30,31,35). The first-order valence-corrected chi connectivity index (χ1v) is 12.7. The fourth-order valence-corrected chi connectivity index (χ4v) is 4.79. The molecule has 11 heteroatoms. The van der Waals surface area contributed by atoms with Gasteiger partial charge in [0.15, 0.2) is 0 Å². The summed E-state index contributed by atoms with van der Waals surface area (Å²) in [5, 5.41) is 13.3. The van der Waals surface area contributed by atoms with Crippen LogP contribution in [-0.2, 0) is 9.59 Å². The predicted molar refractivity (Wildman–Crippen MR) is 138 cm³/mol. The van der Waals surface area contributed by atoms with Gasteiger partial charge in [-0.05, 0) is 63.3 Å². The van der Waals surface area contributed by atoms with Crippen molar-refractivity contribution in [3.05, 3.63) is 48.0 Å². The smallest absolute Gasteiger partial charge is 0.261 e. The molecule has 2 aromatic heterocycles. The number of fused-ring (bicyclic) bond motifs is 1. The summed E-state index contributed by atoms with van der Waals surface area (Å²) < 4.78 is 5.65. The van der Waals surface area contributed by atoms with E-state index in [0.29, 0.717) is 24.2 Å². The predicted octanol–water partition coefficient (Wildman–Crippen LogP) is 2.67. The Balaban J connectivity index is 1.38. The Labute approximate surface area is 214 Å². The van der Waals surface area contributed by atoms with Gasteiger partial charge in [-0.15, -0.1) is 0 Å². The highest BCUT2D eigenvalue weighted by Crippen LogP contribution is 2.23. The lowest BCUT2D eigenvalue weighted by atomic mass is 10.1. The van der Waals surface area contributed by atoms with E-state index in [2.05, 4.69) is 25.8 Å². The highest BCUT2D eigenvalue weighted by molar-refractivity contribution is 6.10. The van der Waals surface area contributed by atoms with E-state index in [4.69, 9.17) is 4.42 Å². The number of benzene rings is 1. The Morgan fingerprint density at radius 2 is 1.97 bits per heavy atom. The summed E-state index contributed by atoms with van der Waals surface area (Å²) in [5.41, 5.74) is 1.77. The van der Waals surface area contributed by atoms with E-state index in [0.717, 1.165) is 55.5 Å². The Morgan fingerprint density at radius 3 is 2.76 bits per heavy atom. The van der Waals surface area contributed by atoms with Crippen molar-refractivity contribution in [3.63, 3.8) is 0 Å².